The Labute approximate surface area is 176 Å². The van der Waals surface area contributed by atoms with Gasteiger partial charge in [-0.25, -0.2) is 0 Å². The van der Waals surface area contributed by atoms with E-state index in [0.717, 1.165) is 19.3 Å². The predicted molar refractivity (Wildman–Crippen MR) is 110 cm³/mol. The normalized spacial score (nSPS) is 11.6. The van der Waals surface area contributed by atoms with Crippen LogP contribution in [0.2, 0.25) is 0 Å². The van der Waals surface area contributed by atoms with Crippen molar-refractivity contribution >= 4 is 5.97 Å². The van der Waals surface area contributed by atoms with Gasteiger partial charge in [-0.2, -0.15) is 0 Å². The van der Waals surface area contributed by atoms with Gasteiger partial charge in [-0.1, -0.05) is 45.4 Å². The van der Waals surface area contributed by atoms with Crippen molar-refractivity contribution in [1.82, 2.24) is 0 Å². The zero-order valence-corrected chi connectivity index (χ0v) is 19.4. The first kappa shape index (κ1) is 29.9. The summed E-state index contributed by atoms with van der Waals surface area (Å²) >= 11 is -5.41. The molecule has 7 nitrogen and oxygen atoms in total. The topological polar surface area (TPSA) is 139 Å². The van der Waals surface area contributed by atoms with Crippen LogP contribution in [-0.4, -0.2) is 22.7 Å². The molecule has 168 valence electrons. The Balaban J connectivity index is 0. The second kappa shape index (κ2) is 18.7. The Kier molecular flexibility index (Phi) is 20.0. The molecule has 0 aliphatic rings. The van der Waals surface area contributed by atoms with Gasteiger partial charge in [0.05, 0.1) is 0 Å². The first-order valence-electron chi connectivity index (χ1n) is 10.7. The van der Waals surface area contributed by atoms with Gasteiger partial charge in [0.2, 0.25) is 0 Å². The molecule has 0 aromatic carbocycles. The van der Waals surface area contributed by atoms with E-state index in [1.807, 2.05) is 0 Å². The summed E-state index contributed by atoms with van der Waals surface area (Å²) in [5, 5.41) is 0. The van der Waals surface area contributed by atoms with Gasteiger partial charge in [0, 0.05) is 0 Å². The molecule has 0 rings (SSSR count). The van der Waals surface area contributed by atoms with Crippen LogP contribution >= 0.6 is 0 Å². The Morgan fingerprint density at radius 2 is 1.11 bits per heavy atom. The van der Waals surface area contributed by atoms with Crippen LogP contribution in [0.1, 0.15) is 103 Å². The molecular weight excluding hydrogens is 396 g/mol. The summed E-state index contributed by atoms with van der Waals surface area (Å²) in [6.45, 7) is 8.24. The number of hydrogen-bond acceptors (Lipinski definition) is 7. The van der Waals surface area contributed by atoms with E-state index in [-0.39, 0.29) is 6.42 Å². The quantitative estimate of drug-likeness (QED) is 0.101. The second-order valence-electron chi connectivity index (χ2n) is 7.35. The minimum absolute atomic E-state index is 0.183. The number of rotatable bonds is 17. The van der Waals surface area contributed by atoms with Crippen LogP contribution in [0.15, 0.2) is 13.2 Å². The first-order chi connectivity index (χ1) is 13.2. The van der Waals surface area contributed by atoms with E-state index in [1.165, 1.54) is 64.2 Å². The van der Waals surface area contributed by atoms with E-state index in [4.69, 9.17) is 22.5 Å². The standard InChI is InChI=1S/C18H38N2O2.C2H4.3H2O.Ti/c1-2-3-4-5-6-7-8-9-10-11-12-13-14-15-16-18(19,20)17(21)22;1-2;;;;/h2-16,19-20H2,1H3,(H,21,22);1-2H2;3*1H2;/q;;;;;+4/p-4. The Morgan fingerprint density at radius 3 is 1.43 bits per heavy atom. The van der Waals surface area contributed by atoms with Crippen molar-refractivity contribution in [3.05, 3.63) is 13.2 Å². The summed E-state index contributed by atoms with van der Waals surface area (Å²) in [4.78, 5) is 11.5. The molecule has 0 heterocycles. The van der Waals surface area contributed by atoms with Crippen LogP contribution in [0.25, 0.3) is 0 Å². The van der Waals surface area contributed by atoms with Crippen LogP contribution in [0.3, 0.4) is 0 Å². The third-order valence-electron chi connectivity index (χ3n) is 4.55. The van der Waals surface area contributed by atoms with E-state index in [2.05, 4.69) is 23.4 Å². The van der Waals surface area contributed by atoms with Crippen molar-refractivity contribution in [3.63, 3.8) is 0 Å². The van der Waals surface area contributed by atoms with Crippen molar-refractivity contribution in [2.75, 3.05) is 0 Å². The molecule has 0 fully saturated rings. The number of carbonyl (C=O) groups is 1. The fraction of sp³-hybridized carbons (Fsp3) is 0.850. The zero-order valence-electron chi connectivity index (χ0n) is 17.8. The SMILES string of the molecule is C=C.CCCCCCCCCCCCCCCCC(N)(N)C(=O)[O][Ti]([OH])([OH])[OH]. The van der Waals surface area contributed by atoms with Gasteiger partial charge in [-0.3, -0.25) is 0 Å². The van der Waals surface area contributed by atoms with E-state index >= 15 is 0 Å². The molecule has 0 unspecified atom stereocenters. The van der Waals surface area contributed by atoms with Crippen LogP contribution in [0.5, 0.6) is 0 Å². The Bertz CT molecular complexity index is 376. The van der Waals surface area contributed by atoms with Gasteiger partial charge in [0.1, 0.15) is 0 Å². The summed E-state index contributed by atoms with van der Waals surface area (Å²) in [7, 11) is 0. The molecule has 0 aromatic heterocycles. The van der Waals surface area contributed by atoms with Crippen LogP contribution < -0.4 is 11.5 Å². The molecule has 0 aromatic rings. The van der Waals surface area contributed by atoms with Crippen molar-refractivity contribution in [1.29, 1.82) is 0 Å². The molecule has 0 aliphatic carbocycles. The first-order valence-corrected chi connectivity index (χ1v) is 13.4. The van der Waals surface area contributed by atoms with Crippen molar-refractivity contribution < 1.29 is 37.3 Å². The van der Waals surface area contributed by atoms with Gasteiger partial charge >= 0.3 is 118 Å². The third kappa shape index (κ3) is 20.5. The summed E-state index contributed by atoms with van der Waals surface area (Å²) in [6.07, 6.45) is 17.3. The Hall–Kier alpha value is -0.276. The van der Waals surface area contributed by atoms with Gasteiger partial charge < -0.3 is 0 Å². The summed E-state index contributed by atoms with van der Waals surface area (Å²) in [5.41, 5.74) is 9.44. The number of nitrogens with two attached hydrogens (primary N) is 2. The molecule has 8 heteroatoms. The van der Waals surface area contributed by atoms with Crippen LogP contribution in [0.4, 0.5) is 0 Å². The fourth-order valence-corrected chi connectivity index (χ4v) is 3.62. The average Bonchev–Trinajstić information content (AvgIpc) is 2.62. The van der Waals surface area contributed by atoms with Crippen LogP contribution in [-0.2, 0) is 26.3 Å². The van der Waals surface area contributed by atoms with Gasteiger partial charge in [0.25, 0.3) is 0 Å². The van der Waals surface area contributed by atoms with Crippen molar-refractivity contribution in [2.24, 2.45) is 11.5 Å². The molecule has 0 bridgehead atoms. The second-order valence-corrected chi connectivity index (χ2v) is 9.46. The minimum atomic E-state index is -5.41. The zero-order chi connectivity index (χ0) is 21.9. The molecule has 0 atom stereocenters. The molecule has 7 N–H and O–H groups in total. The van der Waals surface area contributed by atoms with E-state index in [0.29, 0.717) is 6.42 Å². The van der Waals surface area contributed by atoms with E-state index < -0.39 is 29.8 Å². The maximum absolute atomic E-state index is 11.5. The molecule has 0 aliphatic heterocycles. The summed E-state index contributed by atoms with van der Waals surface area (Å²) < 4.78 is 30.5. The molecule has 0 amide bonds. The molecular formula is C20H44N2O5Ti. The number of unbranched alkanes of at least 4 members (excludes halogenated alkanes) is 13. The number of hydrogen-bond donors (Lipinski definition) is 5. The fourth-order valence-electron chi connectivity index (χ4n) is 2.93. The molecule has 0 spiro atoms. The van der Waals surface area contributed by atoms with Gasteiger partial charge in [0.15, 0.2) is 0 Å². The predicted octanol–water partition coefficient (Wildman–Crippen LogP) is 3.61. The van der Waals surface area contributed by atoms with Crippen LogP contribution in [0, 0.1) is 0 Å². The molecule has 28 heavy (non-hydrogen) atoms. The monoisotopic (exact) mass is 440 g/mol. The van der Waals surface area contributed by atoms with E-state index in [1.54, 1.807) is 0 Å². The molecule has 0 saturated carbocycles. The maximum atomic E-state index is 11.5. The molecule has 0 radical (unpaired) electrons. The average molecular weight is 440 g/mol. The van der Waals surface area contributed by atoms with Crippen molar-refractivity contribution in [2.45, 2.75) is 109 Å². The number of carbonyl (C=O) groups excluding carboxylic acids is 1. The van der Waals surface area contributed by atoms with Gasteiger partial charge in [-0.15, -0.1) is 13.2 Å². The van der Waals surface area contributed by atoms with Gasteiger partial charge in [-0.05, 0) is 0 Å². The third-order valence-corrected chi connectivity index (χ3v) is 5.27. The summed E-state index contributed by atoms with van der Waals surface area (Å²) in [6, 6.07) is 0. The molecule has 0 saturated heterocycles. The summed E-state index contributed by atoms with van der Waals surface area (Å²) in [5.74, 6) is -1.17. The Morgan fingerprint density at radius 1 is 0.786 bits per heavy atom. The van der Waals surface area contributed by atoms with E-state index in [9.17, 15) is 4.79 Å². The van der Waals surface area contributed by atoms with Crippen molar-refractivity contribution in [3.8, 4) is 0 Å².